The highest BCUT2D eigenvalue weighted by Gasteiger charge is 2.17. The Balaban J connectivity index is 3.58. The van der Waals surface area contributed by atoms with E-state index < -0.39 is 0 Å². The maximum atomic E-state index is 3.63. The van der Waals surface area contributed by atoms with Crippen molar-refractivity contribution in [3.63, 3.8) is 0 Å². The van der Waals surface area contributed by atoms with Gasteiger partial charge in [0.2, 0.25) is 0 Å². The maximum absolute atomic E-state index is 3.63. The summed E-state index contributed by atoms with van der Waals surface area (Å²) in [5, 5.41) is 0. The van der Waals surface area contributed by atoms with Crippen LogP contribution in [-0.2, 0) is 0 Å². The van der Waals surface area contributed by atoms with E-state index in [1.54, 1.807) is 0 Å². The van der Waals surface area contributed by atoms with Crippen LogP contribution in [-0.4, -0.2) is 9.65 Å². The third-order valence-electron chi connectivity index (χ3n) is 1.40. The van der Waals surface area contributed by atoms with Crippen molar-refractivity contribution in [1.82, 2.24) is 0 Å². The third-order valence-corrected chi connectivity index (χ3v) is 4.68. The molecule has 0 spiro atoms. The molecule has 0 heterocycles. The summed E-state index contributed by atoms with van der Waals surface area (Å²) >= 11 is 7.23. The van der Waals surface area contributed by atoms with Crippen LogP contribution in [0.4, 0.5) is 0 Å². The van der Waals surface area contributed by atoms with E-state index in [0.717, 1.165) is 6.42 Å². The van der Waals surface area contributed by atoms with Crippen LogP contribution in [0.25, 0.3) is 0 Å². The summed E-state index contributed by atoms with van der Waals surface area (Å²) in [5.74, 6) is 0.687. The van der Waals surface area contributed by atoms with Gasteiger partial charge in [-0.1, -0.05) is 59.1 Å². The van der Waals surface area contributed by atoms with Crippen molar-refractivity contribution in [2.75, 3.05) is 0 Å². The molecule has 2 unspecified atom stereocenters. The minimum Gasteiger partial charge on any atom is -0.0876 e. The summed E-state index contributed by atoms with van der Waals surface area (Å²) < 4.78 is 0. The molecule has 2 atom stereocenters. The Kier molecular flexibility index (Phi) is 6.13. The average molecular weight is 271 g/mol. The minimum atomic E-state index is 0.512. The van der Waals surface area contributed by atoms with Crippen LogP contribution in [0.3, 0.4) is 0 Å². The van der Waals surface area contributed by atoms with E-state index in [-0.39, 0.29) is 0 Å². The number of alkyl halides is 2. The first-order valence-corrected chi connectivity index (χ1v) is 5.54. The number of hydrogen-bond acceptors (Lipinski definition) is 0. The Morgan fingerprint density at radius 3 is 2.10 bits per heavy atom. The fourth-order valence-corrected chi connectivity index (χ4v) is 1.92. The molecular formula is C8H15Br2. The molecule has 0 aliphatic carbocycles. The molecule has 1 radical (unpaired) electrons. The molecular weight excluding hydrogens is 256 g/mol. The summed E-state index contributed by atoms with van der Waals surface area (Å²) in [6, 6.07) is 0. The Morgan fingerprint density at radius 1 is 1.30 bits per heavy atom. The van der Waals surface area contributed by atoms with Gasteiger partial charge in [0, 0.05) is 9.65 Å². The van der Waals surface area contributed by atoms with E-state index in [9.17, 15) is 0 Å². The lowest BCUT2D eigenvalue weighted by Gasteiger charge is -2.18. The van der Waals surface area contributed by atoms with Crippen LogP contribution < -0.4 is 0 Å². The van der Waals surface area contributed by atoms with E-state index in [0.29, 0.717) is 15.6 Å². The third kappa shape index (κ3) is 3.97. The standard InChI is InChI=1S/C8H15Br2/c1-4-5-7(9)8(10)6(2)3/h5-8H,4H2,1-3H3. The molecule has 0 aromatic carbocycles. The first kappa shape index (κ1) is 11.0. The zero-order chi connectivity index (χ0) is 8.15. The number of hydrogen-bond donors (Lipinski definition) is 0. The fourth-order valence-electron chi connectivity index (χ4n) is 0.723. The van der Waals surface area contributed by atoms with E-state index in [1.807, 2.05) is 0 Å². The first-order chi connectivity index (χ1) is 4.59. The van der Waals surface area contributed by atoms with Crippen LogP contribution in [0, 0.1) is 12.3 Å². The molecule has 0 saturated heterocycles. The lowest BCUT2D eigenvalue weighted by molar-refractivity contribution is 0.615. The van der Waals surface area contributed by atoms with E-state index in [4.69, 9.17) is 0 Å². The van der Waals surface area contributed by atoms with Gasteiger partial charge in [-0.25, -0.2) is 0 Å². The Hall–Kier alpha value is 0.960. The molecule has 0 aromatic heterocycles. The molecule has 0 aromatic rings. The van der Waals surface area contributed by atoms with Gasteiger partial charge in [0.1, 0.15) is 0 Å². The van der Waals surface area contributed by atoms with Crippen LogP contribution in [0.1, 0.15) is 27.2 Å². The maximum Gasteiger partial charge on any atom is 0.0304 e. The molecule has 2 heteroatoms. The van der Waals surface area contributed by atoms with E-state index >= 15 is 0 Å². The normalized spacial score (nSPS) is 17.4. The Labute approximate surface area is 81.0 Å². The SMILES string of the molecule is CC[CH]C(Br)C(Br)C(C)C. The van der Waals surface area contributed by atoms with Gasteiger partial charge in [0.15, 0.2) is 0 Å². The van der Waals surface area contributed by atoms with Gasteiger partial charge in [0.05, 0.1) is 0 Å². The van der Waals surface area contributed by atoms with Gasteiger partial charge in [-0.3, -0.25) is 0 Å². The molecule has 0 amide bonds. The van der Waals surface area contributed by atoms with Gasteiger partial charge >= 0.3 is 0 Å². The number of rotatable bonds is 4. The van der Waals surface area contributed by atoms with Crippen LogP contribution in [0.2, 0.25) is 0 Å². The van der Waals surface area contributed by atoms with Crippen molar-refractivity contribution in [3.8, 4) is 0 Å². The van der Waals surface area contributed by atoms with E-state index in [2.05, 4.69) is 59.1 Å². The molecule has 10 heavy (non-hydrogen) atoms. The summed E-state index contributed by atoms with van der Waals surface area (Å²) in [5.41, 5.74) is 0. The van der Waals surface area contributed by atoms with Crippen molar-refractivity contribution < 1.29 is 0 Å². The van der Waals surface area contributed by atoms with Crippen molar-refractivity contribution in [2.45, 2.75) is 36.8 Å². The minimum absolute atomic E-state index is 0.512. The second-order valence-electron chi connectivity index (χ2n) is 2.78. The van der Waals surface area contributed by atoms with Crippen molar-refractivity contribution in [3.05, 3.63) is 6.42 Å². The second kappa shape index (κ2) is 5.59. The number of halogens is 2. The quantitative estimate of drug-likeness (QED) is 0.682. The lowest BCUT2D eigenvalue weighted by Crippen LogP contribution is -2.19. The summed E-state index contributed by atoms with van der Waals surface area (Å²) in [7, 11) is 0. The monoisotopic (exact) mass is 269 g/mol. The lowest BCUT2D eigenvalue weighted by atomic mass is 10.1. The molecule has 0 nitrogen and oxygen atoms in total. The highest BCUT2D eigenvalue weighted by atomic mass is 79.9. The predicted octanol–water partition coefficient (Wildman–Crippen LogP) is 3.78. The average Bonchev–Trinajstić information content (AvgIpc) is 1.87. The van der Waals surface area contributed by atoms with Crippen LogP contribution in [0.15, 0.2) is 0 Å². The molecule has 0 aliphatic heterocycles. The molecule has 0 saturated carbocycles. The summed E-state index contributed by atoms with van der Waals surface area (Å²) in [4.78, 5) is 1.07. The second-order valence-corrected chi connectivity index (χ2v) is 4.89. The fraction of sp³-hybridized carbons (Fsp3) is 0.875. The largest absolute Gasteiger partial charge is 0.0876 e. The highest BCUT2D eigenvalue weighted by Crippen LogP contribution is 2.24. The van der Waals surface area contributed by atoms with Gasteiger partial charge < -0.3 is 0 Å². The molecule has 0 rings (SSSR count). The van der Waals surface area contributed by atoms with E-state index in [1.165, 1.54) is 0 Å². The molecule has 0 fully saturated rings. The van der Waals surface area contributed by atoms with Gasteiger partial charge in [0.25, 0.3) is 0 Å². The first-order valence-electron chi connectivity index (χ1n) is 3.71. The van der Waals surface area contributed by atoms with Crippen LogP contribution >= 0.6 is 31.9 Å². The van der Waals surface area contributed by atoms with Crippen molar-refractivity contribution in [1.29, 1.82) is 0 Å². The smallest absolute Gasteiger partial charge is 0.0304 e. The Bertz CT molecular complexity index is 81.3. The molecule has 0 aliphatic rings. The summed E-state index contributed by atoms with van der Waals surface area (Å²) in [6.07, 6.45) is 3.41. The molecule has 61 valence electrons. The van der Waals surface area contributed by atoms with Gasteiger partial charge in [-0.05, 0) is 12.3 Å². The zero-order valence-corrected chi connectivity index (χ0v) is 9.94. The predicted molar refractivity (Wildman–Crippen MR) is 54.9 cm³/mol. The molecule has 0 N–H and O–H groups in total. The summed E-state index contributed by atoms with van der Waals surface area (Å²) in [6.45, 7) is 6.60. The van der Waals surface area contributed by atoms with Crippen molar-refractivity contribution in [2.24, 2.45) is 5.92 Å². The topological polar surface area (TPSA) is 0 Å². The highest BCUT2D eigenvalue weighted by molar-refractivity contribution is 9.12. The molecule has 0 bridgehead atoms. The van der Waals surface area contributed by atoms with Gasteiger partial charge in [-0.2, -0.15) is 0 Å². The Morgan fingerprint density at radius 2 is 1.80 bits per heavy atom. The zero-order valence-electron chi connectivity index (χ0n) is 6.77. The van der Waals surface area contributed by atoms with Gasteiger partial charge in [-0.15, -0.1) is 0 Å². The van der Waals surface area contributed by atoms with Crippen LogP contribution in [0.5, 0.6) is 0 Å². The van der Waals surface area contributed by atoms with Crippen molar-refractivity contribution >= 4 is 31.9 Å².